The van der Waals surface area contributed by atoms with Crippen molar-refractivity contribution in [2.24, 2.45) is 0 Å². The lowest BCUT2D eigenvalue weighted by molar-refractivity contribution is -0.572. The molecule has 65 heavy (non-hydrogen) atoms. The topological polar surface area (TPSA) is 48.8 Å². The van der Waals surface area contributed by atoms with E-state index >= 15 is 0 Å². The minimum atomic E-state index is -0.0464. The van der Waals surface area contributed by atoms with Crippen LogP contribution in [0.1, 0.15) is 79.0 Å². The Morgan fingerprint density at radius 2 is 1.12 bits per heavy atom. The maximum Gasteiger partial charge on any atom is 0.269 e. The van der Waals surface area contributed by atoms with Gasteiger partial charge in [0.2, 0.25) is 0 Å². The van der Waals surface area contributed by atoms with Gasteiger partial charge >= 0.3 is 0 Å². The first kappa shape index (κ1) is 41.7. The number of pyridine rings is 2. The van der Waals surface area contributed by atoms with Crippen molar-refractivity contribution >= 4 is 32.8 Å². The first-order valence-corrected chi connectivity index (χ1v) is 22.5. The van der Waals surface area contributed by atoms with E-state index in [1.54, 1.807) is 6.20 Å². The van der Waals surface area contributed by atoms with E-state index in [1.807, 2.05) is 18.5 Å². The predicted octanol–water partition coefficient (Wildman–Crippen LogP) is 14.6. The molecular weight excluding hydrogens is 795 g/mol. The molecule has 0 saturated heterocycles. The molecule has 0 saturated carbocycles. The number of hydrogen-bond donors (Lipinski definition) is 0. The second-order valence-corrected chi connectivity index (χ2v) is 20.4. The summed E-state index contributed by atoms with van der Waals surface area (Å²) in [7, 11) is 0. The molecule has 0 spiro atoms. The number of imidazole rings is 1. The van der Waals surface area contributed by atoms with Gasteiger partial charge < -0.3 is 4.74 Å². The molecule has 0 aliphatic rings. The van der Waals surface area contributed by atoms with Gasteiger partial charge in [-0.3, -0.25) is 18.7 Å². The normalized spacial score (nSPS) is 12.4. The third-order valence-electron chi connectivity index (χ3n) is 12.6. The van der Waals surface area contributed by atoms with Gasteiger partial charge in [-0.15, -0.1) is 0 Å². The van der Waals surface area contributed by atoms with Crippen molar-refractivity contribution in [3.05, 3.63) is 193 Å². The van der Waals surface area contributed by atoms with Gasteiger partial charge in [0.1, 0.15) is 17.3 Å². The Labute approximate surface area is 382 Å². The molecule has 0 N–H and O–H groups in total. The second-order valence-electron chi connectivity index (χ2n) is 20.4. The van der Waals surface area contributed by atoms with Gasteiger partial charge in [0.15, 0.2) is 0 Å². The lowest BCUT2D eigenvalue weighted by Crippen LogP contribution is -2.31. The zero-order valence-electron chi connectivity index (χ0n) is 38.8. The standard InChI is InChI=1S/C59H55N5O/c1-57(2,3)43-26-27-61-56(33-43)64-52-24-20-41(39-16-12-10-13-17-39)28-51(52)50-23-22-48(35-54(50)64)65-49-34-47(36-60-37-49)63-38-62(46-31-44(58(4,5)6)30-45(32-46)59(7,8)9)55-29-42(21-25-53(55)63)40-18-14-11-15-19-40/h10-37H,1-9H3. The number of ether oxygens (including phenoxy) is 1. The van der Waals surface area contributed by atoms with Crippen LogP contribution in [0.15, 0.2) is 170 Å². The summed E-state index contributed by atoms with van der Waals surface area (Å²) < 4.78 is 13.3. The van der Waals surface area contributed by atoms with Gasteiger partial charge in [0.25, 0.3) is 6.33 Å². The van der Waals surface area contributed by atoms with Crippen LogP contribution in [0.3, 0.4) is 0 Å². The molecule has 322 valence electrons. The van der Waals surface area contributed by atoms with Gasteiger partial charge in [-0.2, -0.15) is 0 Å². The fourth-order valence-corrected chi connectivity index (χ4v) is 8.76. The average Bonchev–Trinajstić information content (AvgIpc) is 3.84. The molecule has 10 aromatic rings. The summed E-state index contributed by atoms with van der Waals surface area (Å²) in [6.07, 6.45) is 9.35. The Balaban J connectivity index is 1.10. The van der Waals surface area contributed by atoms with E-state index in [9.17, 15) is 0 Å². The predicted molar refractivity (Wildman–Crippen MR) is 267 cm³/mol. The zero-order chi connectivity index (χ0) is 45.3. The van der Waals surface area contributed by atoms with Crippen molar-refractivity contribution in [3.8, 4) is 50.9 Å². The van der Waals surface area contributed by atoms with Crippen molar-refractivity contribution < 1.29 is 9.30 Å². The summed E-state index contributed by atoms with van der Waals surface area (Å²) in [5.41, 5.74) is 14.4. The van der Waals surface area contributed by atoms with Crippen molar-refractivity contribution in [1.82, 2.24) is 19.1 Å². The van der Waals surface area contributed by atoms with Crippen LogP contribution in [0.25, 0.3) is 72.3 Å². The molecule has 10 rings (SSSR count). The SMILES string of the molecule is CC(C)(C)c1cc(-[n+]2[c-]n(-c3cncc(Oc4ccc5c6cc(-c7ccccc7)ccc6n(-c6cc(C(C)(C)C)ccn6)c5c4)c3)c3ccc(-c4ccccc4)cc32)cc(C(C)(C)C)c1. The molecule has 0 fully saturated rings. The molecule has 4 heterocycles. The molecule has 6 aromatic carbocycles. The van der Waals surface area contributed by atoms with Gasteiger partial charge in [-0.25, -0.2) is 4.98 Å². The highest BCUT2D eigenvalue weighted by Crippen LogP contribution is 2.39. The molecule has 0 aliphatic carbocycles. The quantitative estimate of drug-likeness (QED) is 0.119. The lowest BCUT2D eigenvalue weighted by Gasteiger charge is -2.26. The van der Waals surface area contributed by atoms with Gasteiger partial charge in [0.05, 0.1) is 39.6 Å². The van der Waals surface area contributed by atoms with Crippen LogP contribution >= 0.6 is 0 Å². The highest BCUT2D eigenvalue weighted by molar-refractivity contribution is 6.10. The number of nitrogens with zero attached hydrogens (tertiary/aromatic N) is 5. The minimum absolute atomic E-state index is 0.0407. The molecule has 0 bridgehead atoms. The molecule has 0 aliphatic heterocycles. The molecule has 6 heteroatoms. The Bertz CT molecular complexity index is 3360. The van der Waals surface area contributed by atoms with Gasteiger partial charge in [0, 0.05) is 29.2 Å². The maximum atomic E-state index is 6.76. The Kier molecular flexibility index (Phi) is 10.1. The average molecular weight is 850 g/mol. The van der Waals surface area contributed by atoms with E-state index in [0.717, 1.165) is 61.2 Å². The molecule has 0 amide bonds. The second kappa shape index (κ2) is 15.7. The molecule has 6 nitrogen and oxygen atoms in total. The van der Waals surface area contributed by atoms with Crippen molar-refractivity contribution in [3.63, 3.8) is 0 Å². The van der Waals surface area contributed by atoms with E-state index < -0.39 is 0 Å². The first-order valence-electron chi connectivity index (χ1n) is 22.5. The molecule has 0 radical (unpaired) electrons. The van der Waals surface area contributed by atoms with Crippen LogP contribution < -0.4 is 9.30 Å². The highest BCUT2D eigenvalue weighted by Gasteiger charge is 2.24. The van der Waals surface area contributed by atoms with Gasteiger partial charge in [-0.1, -0.05) is 147 Å². The summed E-state index contributed by atoms with van der Waals surface area (Å²) in [5.74, 6) is 2.19. The third-order valence-corrected chi connectivity index (χ3v) is 12.6. The summed E-state index contributed by atoms with van der Waals surface area (Å²) >= 11 is 0. The van der Waals surface area contributed by atoms with Crippen LogP contribution in [0.4, 0.5) is 0 Å². The van der Waals surface area contributed by atoms with Gasteiger partial charge in [-0.05, 0) is 116 Å². The van der Waals surface area contributed by atoms with Crippen LogP contribution in [-0.4, -0.2) is 19.1 Å². The van der Waals surface area contributed by atoms with E-state index in [1.165, 1.54) is 27.8 Å². The van der Waals surface area contributed by atoms with E-state index in [0.29, 0.717) is 11.5 Å². The monoisotopic (exact) mass is 849 g/mol. The fourth-order valence-electron chi connectivity index (χ4n) is 8.76. The Hall–Kier alpha value is -7.31. The summed E-state index contributed by atoms with van der Waals surface area (Å²) in [5, 5.41) is 2.28. The molecular formula is C59H55N5O. The maximum absolute atomic E-state index is 6.76. The van der Waals surface area contributed by atoms with Crippen LogP contribution in [0, 0.1) is 6.33 Å². The smallest absolute Gasteiger partial charge is 0.269 e. The van der Waals surface area contributed by atoms with Crippen LogP contribution in [-0.2, 0) is 16.2 Å². The van der Waals surface area contributed by atoms with E-state index in [-0.39, 0.29) is 16.2 Å². The van der Waals surface area contributed by atoms with Crippen molar-refractivity contribution in [1.29, 1.82) is 0 Å². The molecule has 4 aromatic heterocycles. The molecule has 0 atom stereocenters. The van der Waals surface area contributed by atoms with E-state index in [4.69, 9.17) is 14.7 Å². The Morgan fingerprint density at radius 3 is 1.77 bits per heavy atom. The largest absolute Gasteiger partial charge is 0.456 e. The molecule has 0 unspecified atom stereocenters. The summed E-state index contributed by atoms with van der Waals surface area (Å²) in [6.45, 7) is 20.4. The zero-order valence-corrected chi connectivity index (χ0v) is 38.8. The number of fused-ring (bicyclic) bond motifs is 4. The number of hydrogen-bond acceptors (Lipinski definition) is 3. The number of rotatable bonds is 7. The number of benzene rings is 6. The van der Waals surface area contributed by atoms with Crippen molar-refractivity contribution in [2.45, 2.75) is 78.6 Å². The Morgan fingerprint density at radius 1 is 0.492 bits per heavy atom. The summed E-state index contributed by atoms with van der Waals surface area (Å²) in [6, 6.07) is 54.2. The van der Waals surface area contributed by atoms with Crippen LogP contribution in [0.5, 0.6) is 11.5 Å². The third kappa shape index (κ3) is 7.99. The first-order chi connectivity index (χ1) is 31.1. The summed E-state index contributed by atoms with van der Waals surface area (Å²) in [4.78, 5) is 9.69. The lowest BCUT2D eigenvalue weighted by atomic mass is 9.80. The van der Waals surface area contributed by atoms with Crippen LogP contribution in [0.2, 0.25) is 0 Å². The highest BCUT2D eigenvalue weighted by atomic mass is 16.5. The fraction of sp³-hybridized carbons (Fsp3) is 0.203. The van der Waals surface area contributed by atoms with E-state index in [2.05, 4.69) is 228 Å². The minimum Gasteiger partial charge on any atom is -0.456 e. The van der Waals surface area contributed by atoms with Crippen molar-refractivity contribution in [2.75, 3.05) is 0 Å². The number of aromatic nitrogens is 5.